The molecule has 8 nitrogen and oxygen atoms in total. The Bertz CT molecular complexity index is 915. The number of methoxy groups -OCH3 is 1. The van der Waals surface area contributed by atoms with Crippen LogP contribution in [0.1, 0.15) is 17.3 Å². The third-order valence-corrected chi connectivity index (χ3v) is 3.58. The number of carbonyl (C=O) groups excluding carboxylic acids is 1. The Hall–Kier alpha value is -3.68. The number of nitrogens with zero attached hydrogens (tertiary/aromatic N) is 3. The van der Waals surface area contributed by atoms with Crippen LogP contribution in [0.4, 0.5) is 23.1 Å². The fraction of sp³-hybridized carbons (Fsp3) is 0.158. The Labute approximate surface area is 156 Å². The number of rotatable bonds is 7. The highest BCUT2D eigenvalue weighted by atomic mass is 16.5. The summed E-state index contributed by atoms with van der Waals surface area (Å²) in [4.78, 5) is 16.2. The highest BCUT2D eigenvalue weighted by molar-refractivity contribution is 5.96. The molecule has 8 heteroatoms. The minimum absolute atomic E-state index is 0.319. The molecule has 0 atom stereocenters. The van der Waals surface area contributed by atoms with Crippen LogP contribution in [-0.2, 0) is 4.74 Å². The van der Waals surface area contributed by atoms with E-state index in [0.717, 1.165) is 11.4 Å². The molecule has 0 aliphatic carbocycles. The molecule has 0 saturated carbocycles. The van der Waals surface area contributed by atoms with Crippen molar-refractivity contribution in [3.05, 3.63) is 60.3 Å². The van der Waals surface area contributed by atoms with Crippen molar-refractivity contribution in [2.24, 2.45) is 0 Å². The predicted molar refractivity (Wildman–Crippen MR) is 102 cm³/mol. The van der Waals surface area contributed by atoms with Gasteiger partial charge in [0.2, 0.25) is 5.95 Å². The first-order valence-electron chi connectivity index (χ1n) is 8.33. The number of anilines is 4. The Morgan fingerprint density at radius 3 is 2.59 bits per heavy atom. The van der Waals surface area contributed by atoms with Crippen LogP contribution in [0.25, 0.3) is 0 Å². The molecule has 2 aromatic carbocycles. The van der Waals surface area contributed by atoms with Crippen LogP contribution < -0.4 is 15.4 Å². The number of ether oxygens (including phenoxy) is 2. The Balaban J connectivity index is 1.75. The molecule has 0 spiro atoms. The number of hydrogen-bond donors (Lipinski definition) is 2. The van der Waals surface area contributed by atoms with Crippen molar-refractivity contribution in [3.63, 3.8) is 0 Å². The molecule has 0 fully saturated rings. The first kappa shape index (κ1) is 18.1. The van der Waals surface area contributed by atoms with Gasteiger partial charge in [0.15, 0.2) is 5.82 Å². The molecule has 3 aromatic rings. The maximum absolute atomic E-state index is 11.9. The van der Waals surface area contributed by atoms with E-state index in [4.69, 9.17) is 9.47 Å². The number of nitrogens with one attached hydrogen (secondary N) is 2. The highest BCUT2D eigenvalue weighted by Crippen LogP contribution is 2.22. The van der Waals surface area contributed by atoms with Crippen LogP contribution in [0.2, 0.25) is 0 Å². The average Bonchev–Trinajstić information content (AvgIpc) is 2.70. The Morgan fingerprint density at radius 2 is 1.85 bits per heavy atom. The van der Waals surface area contributed by atoms with Gasteiger partial charge in [-0.25, -0.2) is 4.79 Å². The summed E-state index contributed by atoms with van der Waals surface area (Å²) < 4.78 is 10.2. The molecule has 0 bridgehead atoms. The first-order valence-corrected chi connectivity index (χ1v) is 8.33. The van der Waals surface area contributed by atoms with Gasteiger partial charge in [0.25, 0.3) is 0 Å². The largest absolute Gasteiger partial charge is 0.494 e. The van der Waals surface area contributed by atoms with E-state index in [9.17, 15) is 4.79 Å². The summed E-state index contributed by atoms with van der Waals surface area (Å²) in [5, 5.41) is 14.1. The van der Waals surface area contributed by atoms with E-state index in [2.05, 4.69) is 25.8 Å². The molecule has 1 heterocycles. The van der Waals surface area contributed by atoms with Crippen LogP contribution in [0, 0.1) is 0 Å². The molecule has 0 unspecified atom stereocenters. The van der Waals surface area contributed by atoms with E-state index >= 15 is 0 Å². The number of para-hydroxylation sites is 1. The van der Waals surface area contributed by atoms with Crippen LogP contribution >= 0.6 is 0 Å². The number of benzene rings is 2. The van der Waals surface area contributed by atoms with Crippen molar-refractivity contribution in [1.29, 1.82) is 0 Å². The molecule has 1 aromatic heterocycles. The summed E-state index contributed by atoms with van der Waals surface area (Å²) in [5.74, 6) is 1.11. The SMILES string of the molecule is CCOc1ccc(Nc2nncc(Nc3ccccc3C(=O)OC)n2)cc1. The molecule has 27 heavy (non-hydrogen) atoms. The Kier molecular flexibility index (Phi) is 5.78. The number of esters is 1. The molecule has 3 rings (SSSR count). The summed E-state index contributed by atoms with van der Waals surface area (Å²) in [6.45, 7) is 2.54. The fourth-order valence-corrected chi connectivity index (χ4v) is 2.37. The van der Waals surface area contributed by atoms with Gasteiger partial charge in [0.05, 0.1) is 31.2 Å². The van der Waals surface area contributed by atoms with Gasteiger partial charge < -0.3 is 20.1 Å². The zero-order valence-electron chi connectivity index (χ0n) is 15.0. The second kappa shape index (κ2) is 8.61. The molecule has 0 radical (unpaired) electrons. The Morgan fingerprint density at radius 1 is 1.07 bits per heavy atom. The van der Waals surface area contributed by atoms with E-state index in [1.807, 2.05) is 37.3 Å². The lowest BCUT2D eigenvalue weighted by molar-refractivity contribution is 0.0602. The maximum Gasteiger partial charge on any atom is 0.339 e. The second-order valence-corrected chi connectivity index (χ2v) is 5.41. The number of carbonyl (C=O) groups is 1. The summed E-state index contributed by atoms with van der Waals surface area (Å²) >= 11 is 0. The molecular formula is C19H19N5O3. The first-order chi connectivity index (χ1) is 13.2. The lowest BCUT2D eigenvalue weighted by Crippen LogP contribution is -2.07. The fourth-order valence-electron chi connectivity index (χ4n) is 2.37. The average molecular weight is 365 g/mol. The zero-order valence-corrected chi connectivity index (χ0v) is 15.0. The van der Waals surface area contributed by atoms with Gasteiger partial charge in [-0.1, -0.05) is 12.1 Å². The van der Waals surface area contributed by atoms with Gasteiger partial charge >= 0.3 is 5.97 Å². The minimum atomic E-state index is -0.437. The summed E-state index contributed by atoms with van der Waals surface area (Å²) in [6.07, 6.45) is 1.47. The lowest BCUT2D eigenvalue weighted by Gasteiger charge is -2.11. The smallest absolute Gasteiger partial charge is 0.339 e. The third-order valence-electron chi connectivity index (χ3n) is 3.58. The summed E-state index contributed by atoms with van der Waals surface area (Å²) in [5.41, 5.74) is 1.77. The maximum atomic E-state index is 11.9. The van der Waals surface area contributed by atoms with Gasteiger partial charge in [-0.3, -0.25) is 0 Å². The topological polar surface area (TPSA) is 98.3 Å². The van der Waals surface area contributed by atoms with Gasteiger partial charge in [-0.05, 0) is 43.3 Å². The molecule has 138 valence electrons. The molecule has 0 saturated heterocycles. The van der Waals surface area contributed by atoms with Gasteiger partial charge in [0, 0.05) is 5.69 Å². The van der Waals surface area contributed by atoms with Crippen LogP contribution in [0.3, 0.4) is 0 Å². The van der Waals surface area contributed by atoms with Crippen molar-refractivity contribution in [2.45, 2.75) is 6.92 Å². The normalized spacial score (nSPS) is 10.1. The molecule has 0 aliphatic rings. The minimum Gasteiger partial charge on any atom is -0.494 e. The zero-order chi connectivity index (χ0) is 19.1. The summed E-state index contributed by atoms with van der Waals surface area (Å²) in [7, 11) is 1.34. The van der Waals surface area contributed by atoms with Crippen LogP contribution in [-0.4, -0.2) is 34.9 Å². The third kappa shape index (κ3) is 4.69. The lowest BCUT2D eigenvalue weighted by atomic mass is 10.2. The van der Waals surface area contributed by atoms with Crippen molar-refractivity contribution in [2.75, 3.05) is 24.4 Å². The molecule has 2 N–H and O–H groups in total. The standard InChI is InChI=1S/C19H19N5O3/c1-3-27-14-10-8-13(9-11-14)21-19-23-17(12-20-24-19)22-16-7-5-4-6-15(16)18(25)26-2/h4-12H,3H2,1-2H3,(H2,21,22,23,24). The summed E-state index contributed by atoms with van der Waals surface area (Å²) in [6, 6.07) is 14.4. The van der Waals surface area contributed by atoms with E-state index in [-0.39, 0.29) is 0 Å². The van der Waals surface area contributed by atoms with Gasteiger partial charge in [-0.15, -0.1) is 5.10 Å². The van der Waals surface area contributed by atoms with Gasteiger partial charge in [-0.2, -0.15) is 10.1 Å². The highest BCUT2D eigenvalue weighted by Gasteiger charge is 2.12. The monoisotopic (exact) mass is 365 g/mol. The van der Waals surface area contributed by atoms with Crippen molar-refractivity contribution in [1.82, 2.24) is 15.2 Å². The van der Waals surface area contributed by atoms with E-state index in [1.165, 1.54) is 13.3 Å². The van der Waals surface area contributed by atoms with Crippen molar-refractivity contribution in [3.8, 4) is 5.75 Å². The second-order valence-electron chi connectivity index (χ2n) is 5.41. The quantitative estimate of drug-likeness (QED) is 0.614. The van der Waals surface area contributed by atoms with Crippen molar-refractivity contribution < 1.29 is 14.3 Å². The van der Waals surface area contributed by atoms with E-state index in [0.29, 0.717) is 29.6 Å². The van der Waals surface area contributed by atoms with Crippen LogP contribution in [0.15, 0.2) is 54.7 Å². The molecule has 0 aliphatic heterocycles. The molecule has 0 amide bonds. The van der Waals surface area contributed by atoms with E-state index in [1.54, 1.807) is 18.2 Å². The van der Waals surface area contributed by atoms with Gasteiger partial charge in [0.1, 0.15) is 5.75 Å². The number of aromatic nitrogens is 3. The number of hydrogen-bond acceptors (Lipinski definition) is 8. The molecular weight excluding hydrogens is 346 g/mol. The van der Waals surface area contributed by atoms with Crippen molar-refractivity contribution >= 4 is 29.1 Å². The predicted octanol–water partition coefficient (Wildman–Crippen LogP) is 3.54. The van der Waals surface area contributed by atoms with Crippen LogP contribution in [0.5, 0.6) is 5.75 Å². The van der Waals surface area contributed by atoms with E-state index < -0.39 is 5.97 Å².